The number of carbonyl (C=O) groups excluding carboxylic acids is 1. The van der Waals surface area contributed by atoms with E-state index >= 15 is 0 Å². The van der Waals surface area contributed by atoms with Gasteiger partial charge in [-0.2, -0.15) is 0 Å². The summed E-state index contributed by atoms with van der Waals surface area (Å²) in [6, 6.07) is 23.8. The summed E-state index contributed by atoms with van der Waals surface area (Å²) in [5.74, 6) is -0.450. The van der Waals surface area contributed by atoms with E-state index in [0.717, 1.165) is 21.9 Å². The molecule has 0 amide bonds. The lowest BCUT2D eigenvalue weighted by atomic mass is 9.86. The number of aliphatic hydroxyl groups excluding tert-OH is 2. The second-order valence-corrected chi connectivity index (χ2v) is 7.83. The maximum atomic E-state index is 12.6. The molecular weight excluding hydrogens is 360 g/mol. The van der Waals surface area contributed by atoms with Crippen molar-refractivity contribution in [2.75, 3.05) is 0 Å². The Labute approximate surface area is 171 Å². The standard InChI is InChI=1S/C26H26O3/c27-23(19-9-2-1-3-10-19)13-7-6-12-22-24(28)17-25(29)26(22)21-15-14-18-8-4-5-11-20(18)16-21/h1-6,8-12,14-16,22-24,26-28H,7,13,17H2/t22-,23-,24+,26-/m0/s1. The third-order valence-corrected chi connectivity index (χ3v) is 5.87. The van der Waals surface area contributed by atoms with Crippen LogP contribution in [0.5, 0.6) is 0 Å². The molecule has 1 aliphatic carbocycles. The highest BCUT2D eigenvalue weighted by atomic mass is 16.3. The average Bonchev–Trinajstić information content (AvgIpc) is 3.04. The van der Waals surface area contributed by atoms with Gasteiger partial charge in [-0.1, -0.05) is 84.9 Å². The van der Waals surface area contributed by atoms with Crippen molar-refractivity contribution in [1.29, 1.82) is 0 Å². The Balaban J connectivity index is 1.47. The predicted molar refractivity (Wildman–Crippen MR) is 116 cm³/mol. The summed E-state index contributed by atoms with van der Waals surface area (Å²) in [5, 5.41) is 23.0. The van der Waals surface area contributed by atoms with Crippen LogP contribution in [0, 0.1) is 5.92 Å². The van der Waals surface area contributed by atoms with E-state index in [1.165, 1.54) is 0 Å². The molecule has 148 valence electrons. The normalized spacial score (nSPS) is 23.1. The maximum absolute atomic E-state index is 12.6. The zero-order chi connectivity index (χ0) is 20.2. The van der Waals surface area contributed by atoms with Crippen molar-refractivity contribution in [3.8, 4) is 0 Å². The summed E-state index contributed by atoms with van der Waals surface area (Å²) in [6.07, 6.45) is 4.29. The van der Waals surface area contributed by atoms with Crippen LogP contribution in [-0.2, 0) is 4.79 Å². The largest absolute Gasteiger partial charge is 0.392 e. The smallest absolute Gasteiger partial charge is 0.143 e. The molecule has 0 radical (unpaired) electrons. The number of carbonyl (C=O) groups is 1. The van der Waals surface area contributed by atoms with E-state index in [1.54, 1.807) is 0 Å². The van der Waals surface area contributed by atoms with E-state index in [0.29, 0.717) is 12.8 Å². The van der Waals surface area contributed by atoms with Gasteiger partial charge in [0.2, 0.25) is 0 Å². The lowest BCUT2D eigenvalue weighted by Crippen LogP contribution is -2.17. The molecule has 4 atom stereocenters. The van der Waals surface area contributed by atoms with Crippen molar-refractivity contribution in [2.45, 2.75) is 37.4 Å². The van der Waals surface area contributed by atoms with Gasteiger partial charge < -0.3 is 10.2 Å². The molecule has 29 heavy (non-hydrogen) atoms. The highest BCUT2D eigenvalue weighted by molar-refractivity contribution is 5.91. The number of hydrogen-bond acceptors (Lipinski definition) is 3. The molecule has 0 unspecified atom stereocenters. The lowest BCUT2D eigenvalue weighted by Gasteiger charge is -2.18. The first-order valence-electron chi connectivity index (χ1n) is 10.2. The van der Waals surface area contributed by atoms with Crippen LogP contribution in [0.25, 0.3) is 10.8 Å². The van der Waals surface area contributed by atoms with E-state index in [1.807, 2.05) is 72.8 Å². The second-order valence-electron chi connectivity index (χ2n) is 7.83. The molecule has 2 N–H and O–H groups in total. The molecule has 1 saturated carbocycles. The molecule has 3 heteroatoms. The van der Waals surface area contributed by atoms with Crippen LogP contribution in [-0.4, -0.2) is 22.1 Å². The van der Waals surface area contributed by atoms with Crippen LogP contribution >= 0.6 is 0 Å². The van der Waals surface area contributed by atoms with Crippen molar-refractivity contribution in [3.63, 3.8) is 0 Å². The zero-order valence-electron chi connectivity index (χ0n) is 16.3. The first kappa shape index (κ1) is 19.6. The van der Waals surface area contributed by atoms with Crippen LogP contribution < -0.4 is 0 Å². The molecule has 0 aliphatic heterocycles. The molecule has 1 aliphatic rings. The van der Waals surface area contributed by atoms with Crippen LogP contribution in [0.4, 0.5) is 0 Å². The molecule has 3 aromatic rings. The molecule has 3 nitrogen and oxygen atoms in total. The van der Waals surface area contributed by atoms with Crippen molar-refractivity contribution < 1.29 is 15.0 Å². The first-order chi connectivity index (χ1) is 14.1. The molecule has 0 aromatic heterocycles. The van der Waals surface area contributed by atoms with Crippen LogP contribution in [0.2, 0.25) is 0 Å². The van der Waals surface area contributed by atoms with E-state index in [4.69, 9.17) is 0 Å². The minimum absolute atomic E-state index is 0.0896. The zero-order valence-corrected chi connectivity index (χ0v) is 16.3. The fourth-order valence-electron chi connectivity index (χ4n) is 4.30. The molecule has 3 aromatic carbocycles. The number of Topliss-reactive ketones (excluding diaryl/α,β-unsaturated/α-hetero) is 1. The Morgan fingerprint density at radius 2 is 1.69 bits per heavy atom. The van der Waals surface area contributed by atoms with Crippen molar-refractivity contribution >= 4 is 16.6 Å². The highest BCUT2D eigenvalue weighted by Crippen LogP contribution is 2.39. The van der Waals surface area contributed by atoms with Gasteiger partial charge in [-0.05, 0) is 34.7 Å². The molecule has 4 rings (SSSR count). The fraction of sp³-hybridized carbons (Fsp3) is 0.269. The third-order valence-electron chi connectivity index (χ3n) is 5.87. The monoisotopic (exact) mass is 386 g/mol. The molecule has 0 spiro atoms. The molecule has 1 fully saturated rings. The molecule has 0 saturated heterocycles. The lowest BCUT2D eigenvalue weighted by molar-refractivity contribution is -0.119. The number of benzene rings is 3. The van der Waals surface area contributed by atoms with Crippen LogP contribution in [0.1, 0.15) is 42.4 Å². The predicted octanol–water partition coefficient (Wildman–Crippen LogP) is 4.94. The average molecular weight is 386 g/mol. The minimum Gasteiger partial charge on any atom is -0.392 e. The number of aliphatic hydroxyl groups is 2. The third kappa shape index (κ3) is 4.31. The van der Waals surface area contributed by atoms with E-state index in [-0.39, 0.29) is 24.0 Å². The molecule has 0 bridgehead atoms. The minimum atomic E-state index is -0.658. The Morgan fingerprint density at radius 1 is 0.966 bits per heavy atom. The number of fused-ring (bicyclic) bond motifs is 1. The van der Waals surface area contributed by atoms with Gasteiger partial charge in [0.15, 0.2) is 0 Å². The topological polar surface area (TPSA) is 57.5 Å². The number of allylic oxidation sites excluding steroid dienone is 1. The van der Waals surface area contributed by atoms with Gasteiger partial charge in [-0.3, -0.25) is 4.79 Å². The number of hydrogen-bond donors (Lipinski definition) is 2. The Morgan fingerprint density at radius 3 is 2.48 bits per heavy atom. The summed E-state index contributed by atoms with van der Waals surface area (Å²) >= 11 is 0. The summed E-state index contributed by atoms with van der Waals surface area (Å²) in [5.41, 5.74) is 1.87. The van der Waals surface area contributed by atoms with Crippen molar-refractivity contribution in [2.24, 2.45) is 5.92 Å². The van der Waals surface area contributed by atoms with Crippen molar-refractivity contribution in [1.82, 2.24) is 0 Å². The van der Waals surface area contributed by atoms with E-state index in [9.17, 15) is 15.0 Å². The van der Waals surface area contributed by atoms with Crippen LogP contribution in [0.15, 0.2) is 84.9 Å². The Hall–Kier alpha value is -2.75. The van der Waals surface area contributed by atoms with Gasteiger partial charge >= 0.3 is 0 Å². The molecular formula is C26H26O3. The Kier molecular flexibility index (Phi) is 5.89. The summed E-state index contributed by atoms with van der Waals surface area (Å²) in [6.45, 7) is 0. The number of ketones is 1. The van der Waals surface area contributed by atoms with Gasteiger partial charge in [0, 0.05) is 12.3 Å². The van der Waals surface area contributed by atoms with Gasteiger partial charge in [0.25, 0.3) is 0 Å². The molecule has 0 heterocycles. The quantitative estimate of drug-likeness (QED) is 0.590. The number of rotatable bonds is 6. The van der Waals surface area contributed by atoms with E-state index in [2.05, 4.69) is 12.1 Å². The summed E-state index contributed by atoms with van der Waals surface area (Å²) in [7, 11) is 0. The van der Waals surface area contributed by atoms with Gasteiger partial charge in [-0.15, -0.1) is 0 Å². The first-order valence-corrected chi connectivity index (χ1v) is 10.2. The maximum Gasteiger partial charge on any atom is 0.143 e. The van der Waals surface area contributed by atoms with Crippen LogP contribution in [0.3, 0.4) is 0 Å². The van der Waals surface area contributed by atoms with Crippen molar-refractivity contribution in [3.05, 3.63) is 96.1 Å². The highest BCUT2D eigenvalue weighted by Gasteiger charge is 2.40. The summed E-state index contributed by atoms with van der Waals surface area (Å²) < 4.78 is 0. The Bertz CT molecular complexity index is 1010. The fourth-order valence-corrected chi connectivity index (χ4v) is 4.30. The van der Waals surface area contributed by atoms with E-state index < -0.39 is 12.2 Å². The second kappa shape index (κ2) is 8.73. The van der Waals surface area contributed by atoms with Gasteiger partial charge in [0.05, 0.1) is 18.1 Å². The SMILES string of the molecule is O=C1C[C@@H](O)[C@H](C=CCC[C@H](O)c2ccccc2)[C@@H]1c1ccc2ccccc2c1. The van der Waals surface area contributed by atoms with Gasteiger partial charge in [0.1, 0.15) is 5.78 Å². The van der Waals surface area contributed by atoms with Gasteiger partial charge in [-0.25, -0.2) is 0 Å². The summed E-state index contributed by atoms with van der Waals surface area (Å²) in [4.78, 5) is 12.6.